The van der Waals surface area contributed by atoms with Gasteiger partial charge < -0.3 is 14.9 Å². The molecule has 0 aliphatic carbocycles. The Kier molecular flexibility index (Phi) is 2.75. The molecule has 1 aliphatic heterocycles. The standard InChI is InChI=1S/C8H14N2O3/c1-3-4-10-6(7(11)12)5-9(2)8(10)13/h6H,3-5H2,1-2H3,(H,11,12). The Hall–Kier alpha value is -1.26. The zero-order valence-corrected chi connectivity index (χ0v) is 7.86. The number of carbonyl (C=O) groups excluding carboxylic acids is 1. The molecule has 1 heterocycles. The van der Waals surface area contributed by atoms with Gasteiger partial charge in [-0.3, -0.25) is 0 Å². The summed E-state index contributed by atoms with van der Waals surface area (Å²) in [5.41, 5.74) is 0. The van der Waals surface area contributed by atoms with Gasteiger partial charge in [0.1, 0.15) is 6.04 Å². The van der Waals surface area contributed by atoms with Gasteiger partial charge in [0.15, 0.2) is 0 Å². The number of aliphatic carboxylic acids is 1. The molecular weight excluding hydrogens is 172 g/mol. The lowest BCUT2D eigenvalue weighted by atomic mass is 10.3. The van der Waals surface area contributed by atoms with E-state index >= 15 is 0 Å². The number of urea groups is 1. The Morgan fingerprint density at radius 2 is 2.31 bits per heavy atom. The number of hydrogen-bond acceptors (Lipinski definition) is 2. The second kappa shape index (κ2) is 3.64. The Balaban J connectivity index is 2.74. The van der Waals surface area contributed by atoms with Crippen LogP contribution in [0.3, 0.4) is 0 Å². The lowest BCUT2D eigenvalue weighted by Crippen LogP contribution is -2.39. The highest BCUT2D eigenvalue weighted by Crippen LogP contribution is 2.14. The molecular formula is C8H14N2O3. The minimum Gasteiger partial charge on any atom is -0.480 e. The first-order valence-corrected chi connectivity index (χ1v) is 4.32. The molecule has 1 fully saturated rings. The highest BCUT2D eigenvalue weighted by Gasteiger charge is 2.38. The van der Waals surface area contributed by atoms with E-state index in [4.69, 9.17) is 5.11 Å². The molecule has 1 aliphatic rings. The van der Waals surface area contributed by atoms with E-state index in [1.807, 2.05) is 6.92 Å². The first-order chi connectivity index (χ1) is 6.07. The van der Waals surface area contributed by atoms with E-state index in [0.717, 1.165) is 6.42 Å². The topological polar surface area (TPSA) is 60.9 Å². The first-order valence-electron chi connectivity index (χ1n) is 4.32. The van der Waals surface area contributed by atoms with Gasteiger partial charge in [0.25, 0.3) is 0 Å². The van der Waals surface area contributed by atoms with E-state index in [0.29, 0.717) is 6.54 Å². The quantitative estimate of drug-likeness (QED) is 0.685. The van der Waals surface area contributed by atoms with E-state index in [1.54, 1.807) is 7.05 Å². The predicted molar refractivity (Wildman–Crippen MR) is 46.4 cm³/mol. The summed E-state index contributed by atoms with van der Waals surface area (Å²) in [4.78, 5) is 25.0. The Morgan fingerprint density at radius 3 is 2.77 bits per heavy atom. The van der Waals surface area contributed by atoms with Crippen LogP contribution in [0.1, 0.15) is 13.3 Å². The largest absolute Gasteiger partial charge is 0.480 e. The van der Waals surface area contributed by atoms with E-state index < -0.39 is 12.0 Å². The predicted octanol–water partition coefficient (Wildman–Crippen LogP) is 0.217. The zero-order chi connectivity index (χ0) is 10.0. The van der Waals surface area contributed by atoms with Gasteiger partial charge in [-0.15, -0.1) is 0 Å². The van der Waals surface area contributed by atoms with Crippen molar-refractivity contribution in [1.29, 1.82) is 0 Å². The number of amides is 2. The molecule has 74 valence electrons. The van der Waals surface area contributed by atoms with Crippen LogP contribution in [-0.2, 0) is 4.79 Å². The monoisotopic (exact) mass is 186 g/mol. The summed E-state index contributed by atoms with van der Waals surface area (Å²) in [5.74, 6) is -0.925. The molecule has 0 aromatic carbocycles. The molecule has 1 atom stereocenters. The van der Waals surface area contributed by atoms with Gasteiger partial charge in [0.2, 0.25) is 0 Å². The zero-order valence-electron chi connectivity index (χ0n) is 7.86. The fourth-order valence-electron chi connectivity index (χ4n) is 1.49. The van der Waals surface area contributed by atoms with Crippen molar-refractivity contribution in [2.75, 3.05) is 20.1 Å². The second-order valence-corrected chi connectivity index (χ2v) is 3.21. The van der Waals surface area contributed by atoms with Gasteiger partial charge >= 0.3 is 12.0 Å². The first kappa shape index (κ1) is 9.83. The maximum atomic E-state index is 11.4. The molecule has 0 saturated carbocycles. The van der Waals surface area contributed by atoms with Crippen LogP contribution in [0.5, 0.6) is 0 Å². The summed E-state index contributed by atoms with van der Waals surface area (Å²) in [5, 5.41) is 8.83. The minimum atomic E-state index is -0.925. The molecule has 1 saturated heterocycles. The molecule has 0 spiro atoms. The van der Waals surface area contributed by atoms with Crippen LogP contribution < -0.4 is 0 Å². The number of likely N-dealkylation sites (N-methyl/N-ethyl adjacent to an activating group) is 1. The molecule has 2 amide bonds. The molecule has 1 unspecified atom stereocenters. The molecule has 0 bridgehead atoms. The third kappa shape index (κ3) is 1.74. The molecule has 0 aromatic heterocycles. The van der Waals surface area contributed by atoms with Crippen LogP contribution >= 0.6 is 0 Å². The Bertz CT molecular complexity index is 229. The van der Waals surface area contributed by atoms with Crippen molar-refractivity contribution >= 4 is 12.0 Å². The van der Waals surface area contributed by atoms with E-state index in [9.17, 15) is 9.59 Å². The molecule has 0 aromatic rings. The number of hydrogen-bond donors (Lipinski definition) is 1. The van der Waals surface area contributed by atoms with Crippen LogP contribution in [-0.4, -0.2) is 53.1 Å². The van der Waals surface area contributed by atoms with Crippen molar-refractivity contribution in [2.45, 2.75) is 19.4 Å². The van der Waals surface area contributed by atoms with Gasteiger partial charge in [-0.2, -0.15) is 0 Å². The lowest BCUT2D eigenvalue weighted by molar-refractivity contribution is -0.141. The summed E-state index contributed by atoms with van der Waals surface area (Å²) >= 11 is 0. The lowest BCUT2D eigenvalue weighted by Gasteiger charge is -2.18. The van der Waals surface area contributed by atoms with Crippen LogP contribution in [0.15, 0.2) is 0 Å². The van der Waals surface area contributed by atoms with Crippen molar-refractivity contribution in [3.8, 4) is 0 Å². The van der Waals surface area contributed by atoms with E-state index in [2.05, 4.69) is 0 Å². The van der Waals surface area contributed by atoms with Gasteiger partial charge in [-0.1, -0.05) is 6.92 Å². The summed E-state index contributed by atoms with van der Waals surface area (Å²) in [6.07, 6.45) is 0.781. The number of carboxylic acid groups (broad SMARTS) is 1. The highest BCUT2D eigenvalue weighted by molar-refractivity contribution is 5.86. The van der Waals surface area contributed by atoms with Crippen LogP contribution in [0.2, 0.25) is 0 Å². The highest BCUT2D eigenvalue weighted by atomic mass is 16.4. The fraction of sp³-hybridized carbons (Fsp3) is 0.750. The number of carboxylic acids is 1. The number of carbonyl (C=O) groups is 2. The third-order valence-electron chi connectivity index (χ3n) is 2.14. The number of nitrogens with zero attached hydrogens (tertiary/aromatic N) is 2. The number of rotatable bonds is 3. The van der Waals surface area contributed by atoms with E-state index in [1.165, 1.54) is 9.80 Å². The Morgan fingerprint density at radius 1 is 1.69 bits per heavy atom. The van der Waals surface area contributed by atoms with Gasteiger partial charge in [0, 0.05) is 13.6 Å². The summed E-state index contributed by atoms with van der Waals surface area (Å²) in [6.45, 7) is 2.72. The molecule has 1 N–H and O–H groups in total. The maximum Gasteiger partial charge on any atom is 0.328 e. The van der Waals surface area contributed by atoms with Crippen LogP contribution in [0.25, 0.3) is 0 Å². The normalized spacial score (nSPS) is 22.6. The molecule has 5 nitrogen and oxygen atoms in total. The third-order valence-corrected chi connectivity index (χ3v) is 2.14. The van der Waals surface area contributed by atoms with Crippen LogP contribution in [0.4, 0.5) is 4.79 Å². The summed E-state index contributed by atoms with van der Waals surface area (Å²) in [7, 11) is 1.62. The maximum absolute atomic E-state index is 11.4. The van der Waals surface area contributed by atoms with Crippen LogP contribution in [0, 0.1) is 0 Å². The van der Waals surface area contributed by atoms with E-state index in [-0.39, 0.29) is 12.6 Å². The average Bonchev–Trinajstić information content (AvgIpc) is 2.33. The molecule has 0 radical (unpaired) electrons. The fourth-order valence-corrected chi connectivity index (χ4v) is 1.49. The van der Waals surface area contributed by atoms with Crippen molar-refractivity contribution < 1.29 is 14.7 Å². The van der Waals surface area contributed by atoms with Gasteiger partial charge in [0.05, 0.1) is 6.54 Å². The van der Waals surface area contributed by atoms with Crippen molar-refractivity contribution in [2.24, 2.45) is 0 Å². The smallest absolute Gasteiger partial charge is 0.328 e. The molecule has 1 rings (SSSR count). The molecule has 13 heavy (non-hydrogen) atoms. The minimum absolute atomic E-state index is 0.186. The van der Waals surface area contributed by atoms with Gasteiger partial charge in [-0.25, -0.2) is 9.59 Å². The molecule has 5 heteroatoms. The summed E-state index contributed by atoms with van der Waals surface area (Å²) < 4.78 is 0. The summed E-state index contributed by atoms with van der Waals surface area (Å²) in [6, 6.07) is -0.855. The van der Waals surface area contributed by atoms with Crippen molar-refractivity contribution in [3.05, 3.63) is 0 Å². The average molecular weight is 186 g/mol. The van der Waals surface area contributed by atoms with Gasteiger partial charge in [-0.05, 0) is 6.42 Å². The van der Waals surface area contributed by atoms with Crippen molar-refractivity contribution in [3.63, 3.8) is 0 Å². The van der Waals surface area contributed by atoms with Crippen molar-refractivity contribution in [1.82, 2.24) is 9.80 Å². The Labute approximate surface area is 76.9 Å². The second-order valence-electron chi connectivity index (χ2n) is 3.21. The SMILES string of the molecule is CCCN1C(=O)N(C)CC1C(=O)O.